The van der Waals surface area contributed by atoms with Gasteiger partial charge in [0.1, 0.15) is 6.17 Å². The van der Waals surface area contributed by atoms with Gasteiger partial charge in [0, 0.05) is 18.7 Å². The summed E-state index contributed by atoms with van der Waals surface area (Å²) in [6.45, 7) is 8.17. The Hall–Kier alpha value is -1.19. The molecule has 1 saturated heterocycles. The van der Waals surface area contributed by atoms with Crippen LogP contribution in [0, 0.1) is 0 Å². The molecule has 1 aliphatic rings. The number of Topliss-reactive ketones (excluding diaryl/α,β-unsaturated/α-hetero) is 1. The van der Waals surface area contributed by atoms with Gasteiger partial charge in [0.2, 0.25) is 0 Å². The fraction of sp³-hybridized carbons (Fsp3) is 0.533. The maximum atomic E-state index is 12.7. The van der Waals surface area contributed by atoms with Crippen molar-refractivity contribution in [1.82, 2.24) is 9.80 Å². The predicted molar refractivity (Wildman–Crippen MR) is 73.7 cm³/mol. The molecule has 98 valence electrons. The molecule has 0 unspecified atom stereocenters. The molecule has 0 saturated carbocycles. The van der Waals surface area contributed by atoms with Crippen LogP contribution >= 0.6 is 0 Å². The number of nitrogens with zero attached hydrogens (tertiary/aromatic N) is 2. The van der Waals surface area contributed by atoms with Crippen molar-refractivity contribution in [2.24, 2.45) is 0 Å². The fourth-order valence-electron chi connectivity index (χ4n) is 2.70. The summed E-state index contributed by atoms with van der Waals surface area (Å²) in [4.78, 5) is 17.2. The quantitative estimate of drug-likeness (QED) is 0.761. The number of benzene rings is 1. The SMILES string of the molecule is CCN1CCCN(CC)C1C(=O)c1ccccc1. The van der Waals surface area contributed by atoms with E-state index in [2.05, 4.69) is 23.6 Å². The molecule has 0 radical (unpaired) electrons. The number of hydrogen-bond donors (Lipinski definition) is 0. The molecule has 2 rings (SSSR count). The van der Waals surface area contributed by atoms with Crippen LogP contribution in [0.4, 0.5) is 0 Å². The second kappa shape index (κ2) is 6.12. The van der Waals surface area contributed by atoms with E-state index in [4.69, 9.17) is 0 Å². The van der Waals surface area contributed by atoms with E-state index < -0.39 is 0 Å². The molecule has 0 spiro atoms. The number of carbonyl (C=O) groups is 1. The molecule has 0 amide bonds. The zero-order valence-electron chi connectivity index (χ0n) is 11.3. The average Bonchev–Trinajstić information content (AvgIpc) is 2.46. The largest absolute Gasteiger partial charge is 0.291 e. The van der Waals surface area contributed by atoms with E-state index >= 15 is 0 Å². The van der Waals surface area contributed by atoms with Crippen molar-refractivity contribution in [3.63, 3.8) is 0 Å². The standard InChI is InChI=1S/C15H22N2O/c1-3-16-11-8-12-17(4-2)15(16)14(18)13-9-6-5-7-10-13/h5-7,9-10,15H,3-4,8,11-12H2,1-2H3. The maximum Gasteiger partial charge on any atom is 0.194 e. The molecule has 1 aliphatic heterocycles. The smallest absolute Gasteiger partial charge is 0.194 e. The molecule has 0 aliphatic carbocycles. The van der Waals surface area contributed by atoms with Crippen LogP contribution in [-0.2, 0) is 0 Å². The highest BCUT2D eigenvalue weighted by atomic mass is 16.1. The first-order chi connectivity index (χ1) is 8.77. The molecule has 1 heterocycles. The summed E-state index contributed by atoms with van der Waals surface area (Å²) < 4.78 is 0. The van der Waals surface area contributed by atoms with Crippen molar-refractivity contribution in [2.75, 3.05) is 26.2 Å². The molecule has 1 aromatic rings. The summed E-state index contributed by atoms with van der Waals surface area (Å²) in [5.41, 5.74) is 0.821. The van der Waals surface area contributed by atoms with Crippen molar-refractivity contribution >= 4 is 5.78 Å². The zero-order valence-corrected chi connectivity index (χ0v) is 11.3. The van der Waals surface area contributed by atoms with Crippen LogP contribution in [0.15, 0.2) is 30.3 Å². The number of likely N-dealkylation sites (N-methyl/N-ethyl adjacent to an activating group) is 2. The van der Waals surface area contributed by atoms with Gasteiger partial charge < -0.3 is 0 Å². The highest BCUT2D eigenvalue weighted by molar-refractivity contribution is 5.99. The Morgan fingerprint density at radius 3 is 2.17 bits per heavy atom. The zero-order chi connectivity index (χ0) is 13.0. The third-order valence-corrected chi connectivity index (χ3v) is 3.69. The van der Waals surface area contributed by atoms with Gasteiger partial charge >= 0.3 is 0 Å². The number of carbonyl (C=O) groups excluding carboxylic acids is 1. The second-order valence-corrected chi connectivity index (χ2v) is 4.71. The minimum atomic E-state index is -0.0730. The topological polar surface area (TPSA) is 23.6 Å². The van der Waals surface area contributed by atoms with Gasteiger partial charge in [-0.3, -0.25) is 14.6 Å². The Kier molecular flexibility index (Phi) is 4.50. The van der Waals surface area contributed by atoms with Crippen LogP contribution in [0.3, 0.4) is 0 Å². The van der Waals surface area contributed by atoms with Gasteiger partial charge in [-0.15, -0.1) is 0 Å². The Balaban J connectivity index is 2.24. The van der Waals surface area contributed by atoms with E-state index in [0.29, 0.717) is 0 Å². The lowest BCUT2D eigenvalue weighted by atomic mass is 10.0. The van der Waals surface area contributed by atoms with Crippen molar-refractivity contribution in [3.05, 3.63) is 35.9 Å². The van der Waals surface area contributed by atoms with Crippen LogP contribution in [0.5, 0.6) is 0 Å². The van der Waals surface area contributed by atoms with E-state index in [-0.39, 0.29) is 11.9 Å². The van der Waals surface area contributed by atoms with E-state index in [9.17, 15) is 4.79 Å². The second-order valence-electron chi connectivity index (χ2n) is 4.71. The molecule has 18 heavy (non-hydrogen) atoms. The first-order valence-corrected chi connectivity index (χ1v) is 6.85. The molecule has 1 fully saturated rings. The van der Waals surface area contributed by atoms with Crippen molar-refractivity contribution < 1.29 is 4.79 Å². The minimum absolute atomic E-state index is 0.0730. The highest BCUT2D eigenvalue weighted by Crippen LogP contribution is 2.18. The van der Waals surface area contributed by atoms with Gasteiger partial charge in [-0.1, -0.05) is 44.2 Å². The fourth-order valence-corrected chi connectivity index (χ4v) is 2.70. The first-order valence-electron chi connectivity index (χ1n) is 6.85. The van der Waals surface area contributed by atoms with Crippen LogP contribution in [0.1, 0.15) is 30.6 Å². The van der Waals surface area contributed by atoms with Crippen molar-refractivity contribution in [1.29, 1.82) is 0 Å². The summed E-state index contributed by atoms with van der Waals surface area (Å²) in [7, 11) is 0. The lowest BCUT2D eigenvalue weighted by Crippen LogP contribution is -2.57. The molecule has 3 heteroatoms. The monoisotopic (exact) mass is 246 g/mol. The van der Waals surface area contributed by atoms with Gasteiger partial charge in [0.05, 0.1) is 0 Å². The number of rotatable bonds is 4. The third-order valence-electron chi connectivity index (χ3n) is 3.69. The number of hydrogen-bond acceptors (Lipinski definition) is 3. The maximum absolute atomic E-state index is 12.7. The Bertz CT molecular complexity index is 379. The summed E-state index contributed by atoms with van der Waals surface area (Å²) in [5.74, 6) is 0.235. The van der Waals surface area contributed by atoms with Crippen LogP contribution < -0.4 is 0 Å². The van der Waals surface area contributed by atoms with E-state index in [1.807, 2.05) is 30.3 Å². The lowest BCUT2D eigenvalue weighted by molar-refractivity contribution is 0.0153. The molecule has 3 nitrogen and oxygen atoms in total. The van der Waals surface area contributed by atoms with Gasteiger partial charge in [-0.25, -0.2) is 0 Å². The van der Waals surface area contributed by atoms with Gasteiger partial charge in [0.25, 0.3) is 0 Å². The van der Waals surface area contributed by atoms with E-state index in [1.54, 1.807) is 0 Å². The Morgan fingerprint density at radius 2 is 1.67 bits per heavy atom. The van der Waals surface area contributed by atoms with Gasteiger partial charge in [-0.05, 0) is 19.5 Å². The van der Waals surface area contributed by atoms with Crippen LogP contribution in [0.2, 0.25) is 0 Å². The predicted octanol–water partition coefficient (Wildman–Crippen LogP) is 2.24. The van der Waals surface area contributed by atoms with Crippen LogP contribution in [0.25, 0.3) is 0 Å². The van der Waals surface area contributed by atoms with E-state index in [0.717, 1.165) is 38.2 Å². The van der Waals surface area contributed by atoms with Gasteiger partial charge in [0.15, 0.2) is 5.78 Å². The lowest BCUT2D eigenvalue weighted by Gasteiger charge is -2.42. The summed E-state index contributed by atoms with van der Waals surface area (Å²) in [5, 5.41) is 0. The van der Waals surface area contributed by atoms with Crippen molar-refractivity contribution in [2.45, 2.75) is 26.4 Å². The third kappa shape index (κ3) is 2.62. The van der Waals surface area contributed by atoms with Crippen LogP contribution in [-0.4, -0.2) is 47.9 Å². The first kappa shape index (κ1) is 13.2. The molecule has 0 N–H and O–H groups in total. The number of ketones is 1. The molecular weight excluding hydrogens is 224 g/mol. The highest BCUT2D eigenvalue weighted by Gasteiger charge is 2.33. The molecule has 0 atom stereocenters. The molecule has 0 bridgehead atoms. The van der Waals surface area contributed by atoms with E-state index in [1.165, 1.54) is 0 Å². The van der Waals surface area contributed by atoms with Gasteiger partial charge in [-0.2, -0.15) is 0 Å². The Morgan fingerprint density at radius 1 is 1.11 bits per heavy atom. The normalized spacial score (nSPS) is 19.0. The molecular formula is C15H22N2O. The average molecular weight is 246 g/mol. The molecule has 0 aromatic heterocycles. The minimum Gasteiger partial charge on any atom is -0.291 e. The summed E-state index contributed by atoms with van der Waals surface area (Å²) >= 11 is 0. The summed E-state index contributed by atoms with van der Waals surface area (Å²) in [6.07, 6.45) is 1.08. The molecule has 1 aromatic carbocycles. The summed E-state index contributed by atoms with van der Waals surface area (Å²) in [6, 6.07) is 9.65. The Labute approximate surface area is 109 Å². The van der Waals surface area contributed by atoms with Crippen molar-refractivity contribution in [3.8, 4) is 0 Å².